The highest BCUT2D eigenvalue weighted by Gasteiger charge is 2.15. The molecule has 0 aliphatic heterocycles. The zero-order valence-corrected chi connectivity index (χ0v) is 16.9. The molecule has 1 amide bonds. The van der Waals surface area contributed by atoms with Crippen LogP contribution in [0.15, 0.2) is 33.8 Å². The van der Waals surface area contributed by atoms with Crippen LogP contribution in [0.3, 0.4) is 0 Å². The Labute approximate surface area is 167 Å². The number of aromatic nitrogens is 6. The van der Waals surface area contributed by atoms with Gasteiger partial charge in [-0.05, 0) is 41.0 Å². The van der Waals surface area contributed by atoms with Gasteiger partial charge >= 0.3 is 6.01 Å². The number of amides is 1. The van der Waals surface area contributed by atoms with E-state index in [1.165, 1.54) is 30.2 Å². The maximum absolute atomic E-state index is 12.1. The lowest BCUT2D eigenvalue weighted by Crippen LogP contribution is -2.15. The molecule has 1 aromatic carbocycles. The van der Waals surface area contributed by atoms with E-state index < -0.39 is 0 Å². The van der Waals surface area contributed by atoms with Crippen molar-refractivity contribution in [1.29, 1.82) is 0 Å². The number of nitrogens with zero attached hydrogens (tertiary/aromatic N) is 6. The van der Waals surface area contributed by atoms with Gasteiger partial charge in [0.2, 0.25) is 17.0 Å². The fourth-order valence-corrected chi connectivity index (χ4v) is 3.11. The monoisotopic (exact) mass is 401 g/mol. The molecule has 0 unspecified atom stereocenters. The van der Waals surface area contributed by atoms with Crippen LogP contribution in [-0.4, -0.2) is 42.1 Å². The molecule has 9 nitrogen and oxygen atoms in total. The summed E-state index contributed by atoms with van der Waals surface area (Å²) in [7, 11) is 0. The van der Waals surface area contributed by atoms with Crippen LogP contribution < -0.4 is 5.32 Å². The number of unbranched alkanes of at least 4 members (excludes halogenated alkanes) is 1. The number of thioether (sulfide) groups is 1. The lowest BCUT2D eigenvalue weighted by atomic mass is 10.1. The van der Waals surface area contributed by atoms with Crippen LogP contribution in [0.4, 0.5) is 6.01 Å². The number of carbonyl (C=O) groups excluding carboxylic acids is 1. The minimum Gasteiger partial charge on any atom is -0.408 e. The van der Waals surface area contributed by atoms with E-state index in [0.29, 0.717) is 11.0 Å². The zero-order chi connectivity index (χ0) is 19.9. The normalized spacial score (nSPS) is 11.1. The second-order valence-electron chi connectivity index (χ2n) is 6.58. The molecule has 0 atom stereocenters. The Morgan fingerprint density at radius 1 is 1.21 bits per heavy atom. The van der Waals surface area contributed by atoms with Gasteiger partial charge in [0.05, 0.1) is 11.4 Å². The van der Waals surface area contributed by atoms with Gasteiger partial charge in [-0.1, -0.05) is 56.2 Å². The first-order valence-corrected chi connectivity index (χ1v) is 10.2. The minimum absolute atomic E-state index is 0.0940. The molecule has 0 aliphatic carbocycles. The predicted molar refractivity (Wildman–Crippen MR) is 106 cm³/mol. The first-order chi connectivity index (χ1) is 13.6. The Kier molecular flexibility index (Phi) is 6.75. The average Bonchev–Trinajstić information content (AvgIpc) is 3.34. The third kappa shape index (κ3) is 5.16. The summed E-state index contributed by atoms with van der Waals surface area (Å²) >= 11 is 1.23. The fraction of sp³-hybridized carbons (Fsp3) is 0.444. The Balaban J connectivity index is 1.58. The van der Waals surface area contributed by atoms with E-state index in [1.807, 2.05) is 26.0 Å². The van der Waals surface area contributed by atoms with Crippen molar-refractivity contribution in [2.24, 2.45) is 0 Å². The van der Waals surface area contributed by atoms with E-state index >= 15 is 0 Å². The van der Waals surface area contributed by atoms with Gasteiger partial charge in [0.25, 0.3) is 0 Å². The predicted octanol–water partition coefficient (Wildman–Crippen LogP) is 3.24. The molecule has 0 spiro atoms. The van der Waals surface area contributed by atoms with Gasteiger partial charge in [0.1, 0.15) is 0 Å². The van der Waals surface area contributed by atoms with Crippen molar-refractivity contribution in [3.05, 3.63) is 35.7 Å². The largest absolute Gasteiger partial charge is 0.408 e. The quantitative estimate of drug-likeness (QED) is 0.544. The molecule has 2 aromatic heterocycles. The molecule has 0 saturated heterocycles. The number of carbonyl (C=O) groups is 1. The maximum Gasteiger partial charge on any atom is 0.322 e. The summed E-state index contributed by atoms with van der Waals surface area (Å²) < 4.78 is 6.99. The molecule has 3 rings (SSSR count). The van der Waals surface area contributed by atoms with Crippen LogP contribution >= 0.6 is 11.8 Å². The molecule has 3 aromatic rings. The summed E-state index contributed by atoms with van der Waals surface area (Å²) in [6, 6.07) is 8.22. The third-order valence-electron chi connectivity index (χ3n) is 3.95. The lowest BCUT2D eigenvalue weighted by molar-refractivity contribution is -0.113. The van der Waals surface area contributed by atoms with Gasteiger partial charge in [0, 0.05) is 5.92 Å². The number of anilines is 1. The highest BCUT2D eigenvalue weighted by molar-refractivity contribution is 7.99. The molecule has 28 heavy (non-hydrogen) atoms. The standard InChI is InChI=1S/C18H23N7O2S/c1-4-5-6-13-7-9-14(10-8-13)25-18(22-23-24-25)28-11-15(26)19-17-21-20-16(27-17)12(2)3/h7-10,12H,4-6,11H2,1-3H3,(H,19,21,26). The van der Waals surface area contributed by atoms with E-state index in [4.69, 9.17) is 4.42 Å². The van der Waals surface area contributed by atoms with Crippen molar-refractivity contribution in [3.63, 3.8) is 0 Å². The molecular formula is C18H23N7O2S. The third-order valence-corrected chi connectivity index (χ3v) is 4.87. The van der Waals surface area contributed by atoms with Gasteiger partial charge in [-0.15, -0.1) is 10.2 Å². The number of hydrogen-bond donors (Lipinski definition) is 1. The highest BCUT2D eigenvalue weighted by Crippen LogP contribution is 2.20. The van der Waals surface area contributed by atoms with E-state index in [1.54, 1.807) is 4.68 Å². The minimum atomic E-state index is -0.270. The Hall–Kier alpha value is -2.75. The molecule has 0 fully saturated rings. The van der Waals surface area contributed by atoms with Gasteiger partial charge in [-0.25, -0.2) is 0 Å². The Morgan fingerprint density at radius 3 is 2.68 bits per heavy atom. The molecular weight excluding hydrogens is 378 g/mol. The first kappa shape index (κ1) is 20.0. The maximum atomic E-state index is 12.1. The molecule has 0 bridgehead atoms. The van der Waals surface area contributed by atoms with Gasteiger partial charge in [-0.3, -0.25) is 10.1 Å². The van der Waals surface area contributed by atoms with Crippen molar-refractivity contribution in [3.8, 4) is 5.69 Å². The molecule has 0 aliphatic rings. The highest BCUT2D eigenvalue weighted by atomic mass is 32.2. The summed E-state index contributed by atoms with van der Waals surface area (Å²) in [6.07, 6.45) is 3.39. The van der Waals surface area contributed by atoms with Crippen molar-refractivity contribution in [2.45, 2.75) is 51.1 Å². The molecule has 148 valence electrons. The van der Waals surface area contributed by atoms with Crippen LogP contribution in [0.25, 0.3) is 5.69 Å². The second kappa shape index (κ2) is 9.45. The number of rotatable bonds is 9. The smallest absolute Gasteiger partial charge is 0.322 e. The molecule has 1 N–H and O–H groups in total. The zero-order valence-electron chi connectivity index (χ0n) is 16.1. The van der Waals surface area contributed by atoms with E-state index in [9.17, 15) is 4.79 Å². The van der Waals surface area contributed by atoms with E-state index in [-0.39, 0.29) is 23.6 Å². The van der Waals surface area contributed by atoms with E-state index in [2.05, 4.69) is 50.1 Å². The number of benzene rings is 1. The number of tetrazole rings is 1. The molecule has 2 heterocycles. The topological polar surface area (TPSA) is 112 Å². The summed E-state index contributed by atoms with van der Waals surface area (Å²) in [5.74, 6) is 0.433. The van der Waals surface area contributed by atoms with Crippen LogP contribution in [0.2, 0.25) is 0 Å². The SMILES string of the molecule is CCCCc1ccc(-n2nnnc2SCC(=O)Nc2nnc(C(C)C)o2)cc1. The van der Waals surface area contributed by atoms with Gasteiger partial charge in [-0.2, -0.15) is 4.68 Å². The summed E-state index contributed by atoms with van der Waals surface area (Å²) in [6.45, 7) is 6.05. The summed E-state index contributed by atoms with van der Waals surface area (Å²) in [4.78, 5) is 12.1. The van der Waals surface area contributed by atoms with Crippen molar-refractivity contribution in [1.82, 2.24) is 30.4 Å². The van der Waals surface area contributed by atoms with Gasteiger partial charge in [0.15, 0.2) is 0 Å². The molecule has 0 saturated carbocycles. The van der Waals surface area contributed by atoms with Crippen molar-refractivity contribution < 1.29 is 9.21 Å². The molecule has 10 heteroatoms. The fourth-order valence-electron chi connectivity index (χ4n) is 2.42. The molecule has 0 radical (unpaired) electrons. The number of hydrogen-bond acceptors (Lipinski definition) is 8. The van der Waals surface area contributed by atoms with Crippen LogP contribution in [0.5, 0.6) is 0 Å². The lowest BCUT2D eigenvalue weighted by Gasteiger charge is -2.06. The van der Waals surface area contributed by atoms with Crippen LogP contribution in [-0.2, 0) is 11.2 Å². The van der Waals surface area contributed by atoms with Gasteiger partial charge < -0.3 is 4.42 Å². The number of nitrogens with one attached hydrogen (secondary N) is 1. The summed E-state index contributed by atoms with van der Waals surface area (Å²) in [5.41, 5.74) is 2.14. The summed E-state index contributed by atoms with van der Waals surface area (Å²) in [5, 5.41) is 22.6. The van der Waals surface area contributed by atoms with Crippen LogP contribution in [0, 0.1) is 0 Å². The first-order valence-electron chi connectivity index (χ1n) is 9.20. The Bertz CT molecular complexity index is 905. The number of aryl methyl sites for hydroxylation is 1. The second-order valence-corrected chi connectivity index (χ2v) is 7.52. The van der Waals surface area contributed by atoms with Crippen molar-refractivity contribution >= 4 is 23.7 Å². The van der Waals surface area contributed by atoms with Crippen molar-refractivity contribution in [2.75, 3.05) is 11.1 Å². The average molecular weight is 401 g/mol. The van der Waals surface area contributed by atoms with E-state index in [0.717, 1.165) is 12.1 Å². The van der Waals surface area contributed by atoms with Crippen LogP contribution in [0.1, 0.15) is 51.0 Å². The Morgan fingerprint density at radius 2 is 2.00 bits per heavy atom.